The molecule has 1 aliphatic rings. The second-order valence-electron chi connectivity index (χ2n) is 6.10. The molecule has 0 saturated carbocycles. The van der Waals surface area contributed by atoms with Crippen LogP contribution >= 0.6 is 0 Å². The molecule has 3 atom stereocenters. The van der Waals surface area contributed by atoms with Gasteiger partial charge in [-0.05, 0) is 45.9 Å². The molecule has 0 aliphatic carbocycles. The summed E-state index contributed by atoms with van der Waals surface area (Å²) in [5, 5.41) is 10.4. The number of hydroxylamine groups is 1. The van der Waals surface area contributed by atoms with Gasteiger partial charge in [0.15, 0.2) is 0 Å². The average Bonchev–Trinajstić information content (AvgIpc) is 3.06. The summed E-state index contributed by atoms with van der Waals surface area (Å²) < 4.78 is 18.4. The molecule has 3 unspecified atom stereocenters. The number of nitrogens with one attached hydrogen (secondary N) is 1. The number of hydrogen-bond acceptors (Lipinski definition) is 5. The molecule has 1 aliphatic heterocycles. The average molecular weight is 334 g/mol. The summed E-state index contributed by atoms with van der Waals surface area (Å²) in [6.07, 6.45) is 3.49. The first kappa shape index (κ1) is 16.4. The smallest absolute Gasteiger partial charge is 0.0760 e. The predicted octanol–water partition coefficient (Wildman–Crippen LogP) is 1.98. The highest BCUT2D eigenvalue weighted by molar-refractivity contribution is 7.99. The van der Waals surface area contributed by atoms with Crippen molar-refractivity contribution in [3.63, 3.8) is 0 Å². The minimum Gasteiger partial charge on any atom is -0.376 e. The largest absolute Gasteiger partial charge is 0.376 e. The summed E-state index contributed by atoms with van der Waals surface area (Å²) >= 11 is 0. The summed E-state index contributed by atoms with van der Waals surface area (Å²) in [7, 11) is -2.39. The van der Waals surface area contributed by atoms with Crippen molar-refractivity contribution in [2.24, 2.45) is 0 Å². The summed E-state index contributed by atoms with van der Waals surface area (Å²) in [6.45, 7) is 0.690. The van der Waals surface area contributed by atoms with Crippen molar-refractivity contribution in [3.8, 4) is 0 Å². The third kappa shape index (κ3) is 4.09. The van der Waals surface area contributed by atoms with Crippen LogP contribution in [0.25, 0.3) is 10.9 Å². The molecule has 0 amide bonds. The summed E-state index contributed by atoms with van der Waals surface area (Å²) in [6, 6.07) is 9.48. The van der Waals surface area contributed by atoms with E-state index in [4.69, 9.17) is 4.74 Å². The van der Waals surface area contributed by atoms with E-state index in [1.54, 1.807) is 6.20 Å². The molecule has 1 aromatic carbocycles. The zero-order valence-electron chi connectivity index (χ0n) is 13.0. The molecule has 0 radical (unpaired) electrons. The molecule has 0 bridgehead atoms. The predicted molar refractivity (Wildman–Crippen MR) is 93.3 cm³/mol. The van der Waals surface area contributed by atoms with Crippen LogP contribution < -0.4 is 5.48 Å². The lowest BCUT2D eigenvalue weighted by Gasteiger charge is -2.23. The highest BCUT2D eigenvalue weighted by Crippen LogP contribution is 2.19. The van der Waals surface area contributed by atoms with Gasteiger partial charge in [-0.2, -0.15) is 5.48 Å². The zero-order chi connectivity index (χ0) is 16.3. The first-order valence-electron chi connectivity index (χ1n) is 7.75. The molecule has 2 heterocycles. The third-order valence-electron chi connectivity index (χ3n) is 4.14. The molecule has 5 nitrogen and oxygen atoms in total. The van der Waals surface area contributed by atoms with Crippen LogP contribution in [-0.4, -0.2) is 44.8 Å². The maximum Gasteiger partial charge on any atom is 0.0760 e. The van der Waals surface area contributed by atoms with Crippen LogP contribution in [0.5, 0.6) is 0 Å². The van der Waals surface area contributed by atoms with E-state index in [0.29, 0.717) is 12.4 Å². The van der Waals surface area contributed by atoms with Gasteiger partial charge in [-0.1, -0.05) is 18.2 Å². The van der Waals surface area contributed by atoms with Gasteiger partial charge in [0.05, 0.1) is 17.7 Å². The Balaban J connectivity index is 1.73. The highest BCUT2D eigenvalue weighted by atomic mass is 32.2. The van der Waals surface area contributed by atoms with E-state index in [1.807, 2.05) is 30.3 Å². The van der Waals surface area contributed by atoms with Crippen molar-refractivity contribution in [1.29, 1.82) is 0 Å². The number of benzene rings is 1. The Labute approximate surface area is 136 Å². The van der Waals surface area contributed by atoms with Crippen molar-refractivity contribution < 1.29 is 14.2 Å². The number of fused-ring (bicyclic) bond motifs is 1. The molecule has 2 N–H and O–H groups in total. The Morgan fingerprint density at radius 1 is 1.48 bits per heavy atom. The number of ether oxygens (including phenoxy) is 1. The topological polar surface area (TPSA) is 71.5 Å². The van der Waals surface area contributed by atoms with E-state index in [1.165, 1.54) is 0 Å². The minimum atomic E-state index is -2.39. The van der Waals surface area contributed by atoms with Crippen LogP contribution in [0.3, 0.4) is 0 Å². The number of hydrogen-bond donors (Lipinski definition) is 2. The second-order valence-corrected chi connectivity index (χ2v) is 8.65. The van der Waals surface area contributed by atoms with Gasteiger partial charge in [-0.25, -0.2) is 0 Å². The van der Waals surface area contributed by atoms with Crippen molar-refractivity contribution in [1.82, 2.24) is 10.5 Å². The molecule has 6 heteroatoms. The molecule has 2 aromatic rings. The highest BCUT2D eigenvalue weighted by Gasteiger charge is 2.28. The quantitative estimate of drug-likeness (QED) is 0.624. The third-order valence-corrected chi connectivity index (χ3v) is 5.97. The van der Waals surface area contributed by atoms with Crippen LogP contribution in [0.4, 0.5) is 0 Å². The molecule has 0 spiro atoms. The van der Waals surface area contributed by atoms with Crippen LogP contribution in [0.15, 0.2) is 36.5 Å². The maximum absolute atomic E-state index is 12.9. The zero-order valence-corrected chi connectivity index (χ0v) is 13.8. The fourth-order valence-corrected chi connectivity index (χ4v) is 4.86. The van der Waals surface area contributed by atoms with Crippen LogP contribution in [0, 0.1) is 0 Å². The normalized spacial score (nSPS) is 22.0. The van der Waals surface area contributed by atoms with Gasteiger partial charge >= 0.3 is 0 Å². The number of rotatable bonds is 6. The van der Waals surface area contributed by atoms with Crippen molar-refractivity contribution in [3.05, 3.63) is 42.1 Å². The van der Waals surface area contributed by atoms with Gasteiger partial charge in [-0.3, -0.25) is 9.19 Å². The molecular formula is C17H22N2O3S. The molecule has 23 heavy (non-hydrogen) atoms. The Hall–Kier alpha value is -1.47. The lowest BCUT2D eigenvalue weighted by atomic mass is 10.1. The Morgan fingerprint density at radius 3 is 3.04 bits per heavy atom. The Morgan fingerprint density at radius 2 is 2.30 bits per heavy atom. The first-order valence-corrected chi connectivity index (χ1v) is 9.81. The summed E-state index contributed by atoms with van der Waals surface area (Å²) in [5.41, 5.74) is 4.07. The van der Waals surface area contributed by atoms with Gasteiger partial charge in [0.25, 0.3) is 0 Å². The minimum absolute atomic E-state index is 0.0997. The Kier molecular flexibility index (Phi) is 4.96. The van der Waals surface area contributed by atoms with Crippen LogP contribution in [0.2, 0.25) is 0 Å². The van der Waals surface area contributed by atoms with E-state index in [9.17, 15) is 9.42 Å². The number of aromatic nitrogens is 1. The van der Waals surface area contributed by atoms with E-state index >= 15 is 0 Å². The lowest BCUT2D eigenvalue weighted by molar-refractivity contribution is 0.0283. The van der Waals surface area contributed by atoms with E-state index < -0.39 is 9.52 Å². The molecule has 1 aromatic heterocycles. The maximum atomic E-state index is 12.9. The molecule has 3 rings (SSSR count). The van der Waals surface area contributed by atoms with E-state index in [2.05, 4.69) is 16.3 Å². The van der Waals surface area contributed by atoms with Gasteiger partial charge in [0, 0.05) is 29.7 Å². The standard InChI is InChI=1S/C17H22N2O3S/c1-23(21,12-16(19-20)17-7-4-8-22-17)11-13-9-14-5-2-3-6-15(14)18-10-13/h2-3,5-6,9-10,16-17,19-20H,1,4,7-8,11-12H2. The van der Waals surface area contributed by atoms with Crippen molar-refractivity contribution in [2.75, 3.05) is 12.4 Å². The SMILES string of the molecule is C=S(=O)(Cc1cnc2ccccc2c1)CC(NO)C1CCCO1. The first-order chi connectivity index (χ1) is 11.1. The number of pyridine rings is 1. The number of nitrogens with zero attached hydrogens (tertiary/aromatic N) is 1. The molecule has 1 fully saturated rings. The summed E-state index contributed by atoms with van der Waals surface area (Å²) in [4.78, 5) is 4.40. The van der Waals surface area contributed by atoms with Crippen LogP contribution in [0.1, 0.15) is 18.4 Å². The van der Waals surface area contributed by atoms with Crippen LogP contribution in [-0.2, 0) is 20.0 Å². The Bertz CT molecular complexity index is 770. The fourth-order valence-electron chi connectivity index (χ4n) is 3.03. The molecule has 124 valence electrons. The second kappa shape index (κ2) is 6.97. The van der Waals surface area contributed by atoms with Gasteiger partial charge in [-0.15, -0.1) is 0 Å². The molecule has 1 saturated heterocycles. The lowest BCUT2D eigenvalue weighted by Crippen LogP contribution is -2.43. The van der Waals surface area contributed by atoms with Gasteiger partial charge in [0.1, 0.15) is 0 Å². The van der Waals surface area contributed by atoms with E-state index in [-0.39, 0.29) is 17.9 Å². The van der Waals surface area contributed by atoms with Crippen molar-refractivity contribution >= 4 is 26.3 Å². The van der Waals surface area contributed by atoms with Gasteiger partial charge < -0.3 is 9.94 Å². The number of para-hydroxylation sites is 1. The fraction of sp³-hybridized carbons (Fsp3) is 0.412. The summed E-state index contributed by atoms with van der Waals surface area (Å²) in [5.74, 6) is 4.52. The monoisotopic (exact) mass is 334 g/mol. The molecular weight excluding hydrogens is 312 g/mol. The van der Waals surface area contributed by atoms with Gasteiger partial charge in [0.2, 0.25) is 0 Å². The van der Waals surface area contributed by atoms with Crippen molar-refractivity contribution in [2.45, 2.75) is 30.7 Å². The van der Waals surface area contributed by atoms with E-state index in [0.717, 1.165) is 29.3 Å².